The second-order valence-corrected chi connectivity index (χ2v) is 11.3. The third-order valence-electron chi connectivity index (χ3n) is 8.45. The Balaban J connectivity index is 1.60. The maximum absolute atomic E-state index is 14.3. The summed E-state index contributed by atoms with van der Waals surface area (Å²) in [6, 6.07) is 11.5. The highest BCUT2D eigenvalue weighted by atomic mass is 19.1. The molecule has 1 aromatic heterocycles. The number of aldehydes is 1. The van der Waals surface area contributed by atoms with Crippen molar-refractivity contribution in [3.63, 3.8) is 0 Å². The average Bonchev–Trinajstić information content (AvgIpc) is 3.41. The van der Waals surface area contributed by atoms with E-state index in [0.29, 0.717) is 31.0 Å². The van der Waals surface area contributed by atoms with Crippen molar-refractivity contribution in [1.82, 2.24) is 14.8 Å². The highest BCUT2D eigenvalue weighted by Gasteiger charge is 2.50. The van der Waals surface area contributed by atoms with Gasteiger partial charge in [-0.1, -0.05) is 41.6 Å². The highest BCUT2D eigenvalue weighted by molar-refractivity contribution is 5.95. The fourth-order valence-electron chi connectivity index (χ4n) is 5.73. The summed E-state index contributed by atoms with van der Waals surface area (Å²) in [5.41, 5.74) is -1.02. The van der Waals surface area contributed by atoms with Crippen LogP contribution in [0.3, 0.4) is 0 Å². The van der Waals surface area contributed by atoms with E-state index in [1.807, 2.05) is 13.1 Å². The predicted molar refractivity (Wildman–Crippen MR) is 158 cm³/mol. The molecule has 2 aliphatic rings. The molecule has 2 aromatic carbocycles. The molecule has 1 amide bonds. The maximum atomic E-state index is 14.3. The molecular formula is C32H34F2N4O6. The smallest absolute Gasteiger partial charge is 0.257 e. The number of ether oxygens (including phenoxy) is 1. The lowest BCUT2D eigenvalue weighted by Crippen LogP contribution is -2.45. The lowest BCUT2D eigenvalue weighted by molar-refractivity contribution is -0.0632. The van der Waals surface area contributed by atoms with Gasteiger partial charge in [0.15, 0.2) is 17.6 Å². The molecule has 12 heteroatoms. The fourth-order valence-corrected chi connectivity index (χ4v) is 5.73. The number of carbonyl (C=O) groups is 2. The molecular weight excluding hydrogens is 574 g/mol. The SMILES string of the molecule is CC1CCC2(CC(CO)=NO2)C(n2cc(C(=O)NCc3ccc(F)cc3F)c(=O)c(OCc3ccccc3)c2C=O)CN1C. The molecule has 0 aliphatic carbocycles. The van der Waals surface area contributed by atoms with Crippen LogP contribution in [0.5, 0.6) is 5.75 Å². The molecule has 0 bridgehead atoms. The molecule has 1 fully saturated rings. The summed E-state index contributed by atoms with van der Waals surface area (Å²) in [4.78, 5) is 48.1. The summed E-state index contributed by atoms with van der Waals surface area (Å²) >= 11 is 0. The molecule has 2 aliphatic heterocycles. The number of aliphatic hydroxyl groups is 1. The number of rotatable bonds is 9. The lowest BCUT2D eigenvalue weighted by Gasteiger charge is -2.37. The molecule has 3 atom stereocenters. The van der Waals surface area contributed by atoms with Gasteiger partial charge in [-0.25, -0.2) is 8.78 Å². The Morgan fingerprint density at radius 1 is 1.25 bits per heavy atom. The van der Waals surface area contributed by atoms with Crippen molar-refractivity contribution < 1.29 is 33.1 Å². The van der Waals surface area contributed by atoms with Crippen LogP contribution in [0, 0.1) is 11.6 Å². The van der Waals surface area contributed by atoms with Crippen molar-refractivity contribution in [2.75, 3.05) is 20.2 Å². The minimum absolute atomic E-state index is 0.0245. The van der Waals surface area contributed by atoms with E-state index in [0.717, 1.165) is 18.1 Å². The largest absolute Gasteiger partial charge is 0.483 e. The quantitative estimate of drug-likeness (QED) is 0.356. The molecule has 44 heavy (non-hydrogen) atoms. The predicted octanol–water partition coefficient (Wildman–Crippen LogP) is 3.61. The van der Waals surface area contributed by atoms with Crippen molar-refractivity contribution >= 4 is 17.9 Å². The van der Waals surface area contributed by atoms with Crippen molar-refractivity contribution in [1.29, 1.82) is 0 Å². The van der Waals surface area contributed by atoms with Crippen LogP contribution in [0.1, 0.15) is 64.2 Å². The van der Waals surface area contributed by atoms with Crippen LogP contribution in [0.4, 0.5) is 8.78 Å². The van der Waals surface area contributed by atoms with E-state index >= 15 is 0 Å². The van der Waals surface area contributed by atoms with Crippen LogP contribution in [-0.4, -0.2) is 64.3 Å². The monoisotopic (exact) mass is 608 g/mol. The molecule has 3 unspecified atom stereocenters. The number of likely N-dealkylation sites (N-methyl/N-ethyl adjacent to an activating group) is 1. The van der Waals surface area contributed by atoms with Crippen molar-refractivity contribution in [2.24, 2.45) is 5.16 Å². The number of benzene rings is 2. The van der Waals surface area contributed by atoms with Gasteiger partial charge in [0.05, 0.1) is 18.4 Å². The molecule has 1 saturated heterocycles. The summed E-state index contributed by atoms with van der Waals surface area (Å²) in [6.45, 7) is 1.75. The second-order valence-electron chi connectivity index (χ2n) is 11.3. The van der Waals surface area contributed by atoms with E-state index in [4.69, 9.17) is 9.57 Å². The van der Waals surface area contributed by atoms with Gasteiger partial charge in [-0.2, -0.15) is 0 Å². The third-order valence-corrected chi connectivity index (χ3v) is 8.45. The Morgan fingerprint density at radius 3 is 2.70 bits per heavy atom. The minimum Gasteiger partial charge on any atom is -0.483 e. The summed E-state index contributed by atoms with van der Waals surface area (Å²) in [5, 5.41) is 16.5. The molecule has 3 aromatic rings. The van der Waals surface area contributed by atoms with Crippen LogP contribution in [0.25, 0.3) is 0 Å². The normalized spacial score (nSPS) is 21.8. The summed E-state index contributed by atoms with van der Waals surface area (Å²) in [5.74, 6) is -2.76. The molecule has 2 N–H and O–H groups in total. The van der Waals surface area contributed by atoms with Crippen LogP contribution in [0.2, 0.25) is 0 Å². The number of nitrogens with zero attached hydrogens (tertiary/aromatic N) is 3. The van der Waals surface area contributed by atoms with E-state index in [9.17, 15) is 28.3 Å². The van der Waals surface area contributed by atoms with E-state index in [-0.39, 0.29) is 54.8 Å². The number of pyridine rings is 1. The Hall–Kier alpha value is -4.42. The van der Waals surface area contributed by atoms with Gasteiger partial charge in [-0.15, -0.1) is 0 Å². The van der Waals surface area contributed by atoms with Gasteiger partial charge < -0.3 is 29.5 Å². The number of halogens is 2. The average molecular weight is 609 g/mol. The van der Waals surface area contributed by atoms with E-state index < -0.39 is 34.6 Å². The zero-order valence-corrected chi connectivity index (χ0v) is 24.5. The Kier molecular flexibility index (Phi) is 9.21. The summed E-state index contributed by atoms with van der Waals surface area (Å²) in [6.07, 6.45) is 3.35. The maximum Gasteiger partial charge on any atom is 0.257 e. The van der Waals surface area contributed by atoms with Gasteiger partial charge in [0.1, 0.15) is 29.5 Å². The van der Waals surface area contributed by atoms with Crippen LogP contribution in [0.15, 0.2) is 64.7 Å². The molecule has 0 radical (unpaired) electrons. The number of carbonyl (C=O) groups excluding carboxylic acids is 2. The van der Waals surface area contributed by atoms with E-state index in [1.54, 1.807) is 24.3 Å². The number of hydrogen-bond donors (Lipinski definition) is 2. The van der Waals surface area contributed by atoms with Gasteiger partial charge in [0.25, 0.3) is 5.91 Å². The second kappa shape index (κ2) is 13.1. The number of hydrogen-bond acceptors (Lipinski definition) is 8. The first-order valence-electron chi connectivity index (χ1n) is 14.3. The number of likely N-dealkylation sites (tertiary alicyclic amines) is 1. The number of aliphatic hydroxyl groups excluding tert-OH is 1. The fraction of sp³-hybridized carbons (Fsp3) is 0.375. The molecule has 10 nitrogen and oxygen atoms in total. The number of nitrogens with one attached hydrogen (secondary N) is 1. The van der Waals surface area contributed by atoms with Crippen molar-refractivity contribution in [2.45, 2.75) is 57.0 Å². The van der Waals surface area contributed by atoms with Crippen molar-refractivity contribution in [3.05, 3.63) is 99.0 Å². The minimum atomic E-state index is -0.981. The van der Waals surface area contributed by atoms with Gasteiger partial charge >= 0.3 is 0 Å². The van der Waals surface area contributed by atoms with Crippen LogP contribution in [-0.2, 0) is 18.0 Å². The molecule has 3 heterocycles. The van der Waals surface area contributed by atoms with E-state index in [2.05, 4.69) is 22.3 Å². The first kappa shape index (κ1) is 31.0. The Bertz CT molecular complexity index is 1630. The standard InChI is InChI=1S/C32H34F2N4O6/c1-20-10-11-32(13-24(17-39)36-44-32)28(16-37(20)2)38-15-25(31(42)35-14-22-8-9-23(33)12-26(22)34)29(41)30(27(38)18-40)43-19-21-6-4-3-5-7-21/h3-9,12,15,18,20,28,39H,10-11,13-14,16-17,19H2,1-2H3,(H,35,42). The van der Waals surface area contributed by atoms with E-state index in [1.165, 1.54) is 16.8 Å². The molecule has 1 spiro atoms. The lowest BCUT2D eigenvalue weighted by atomic mass is 9.84. The molecule has 0 saturated carbocycles. The Labute approximate surface area is 252 Å². The number of oxime groups is 1. The zero-order valence-electron chi connectivity index (χ0n) is 24.5. The van der Waals surface area contributed by atoms with Gasteiger partial charge in [-0.3, -0.25) is 14.4 Å². The zero-order chi connectivity index (χ0) is 31.4. The van der Waals surface area contributed by atoms with Crippen molar-refractivity contribution in [3.8, 4) is 5.75 Å². The summed E-state index contributed by atoms with van der Waals surface area (Å²) in [7, 11) is 1.93. The highest BCUT2D eigenvalue weighted by Crippen LogP contribution is 2.43. The third kappa shape index (κ3) is 6.27. The Morgan fingerprint density at radius 2 is 2.02 bits per heavy atom. The topological polar surface area (TPSA) is 122 Å². The number of amides is 1. The summed E-state index contributed by atoms with van der Waals surface area (Å²) < 4.78 is 35.2. The molecule has 5 rings (SSSR count). The molecule has 232 valence electrons. The van der Waals surface area contributed by atoms with Crippen LogP contribution < -0.4 is 15.5 Å². The first-order chi connectivity index (χ1) is 21.2. The van der Waals surface area contributed by atoms with Gasteiger partial charge in [0.2, 0.25) is 5.43 Å². The van der Waals surface area contributed by atoms with Crippen LogP contribution >= 0.6 is 0 Å². The van der Waals surface area contributed by atoms with Gasteiger partial charge in [0, 0.05) is 43.4 Å². The first-order valence-corrected chi connectivity index (χ1v) is 14.3. The number of aromatic nitrogens is 1. The van der Waals surface area contributed by atoms with Gasteiger partial charge in [-0.05, 0) is 38.4 Å².